The maximum Gasteiger partial charge on any atom is 0.338 e. The second kappa shape index (κ2) is 9.05. The molecule has 1 aromatic carbocycles. The molecule has 0 spiro atoms. The van der Waals surface area contributed by atoms with E-state index in [1.54, 1.807) is 30.7 Å². The average Bonchev–Trinajstić information content (AvgIpc) is 3.00. The summed E-state index contributed by atoms with van der Waals surface area (Å²) in [6, 6.07) is 5.00. The van der Waals surface area contributed by atoms with Crippen LogP contribution < -0.4 is 9.47 Å². The Balaban J connectivity index is 0.00000264. The normalized spacial score (nSPS) is 10.1. The van der Waals surface area contributed by atoms with Crippen LogP contribution in [0.15, 0.2) is 36.9 Å². The van der Waals surface area contributed by atoms with Crippen LogP contribution in [0.1, 0.15) is 24.2 Å². The largest absolute Gasteiger partial charge is 0.493 e. The van der Waals surface area contributed by atoms with Gasteiger partial charge in [0.25, 0.3) is 0 Å². The number of rotatable bonds is 7. The van der Waals surface area contributed by atoms with E-state index >= 15 is 0 Å². The molecule has 1 heterocycles. The molecule has 0 saturated carbocycles. The third-order valence-electron chi connectivity index (χ3n) is 2.91. The zero-order chi connectivity index (χ0) is 15.9. The van der Waals surface area contributed by atoms with Gasteiger partial charge in [-0.3, -0.25) is 0 Å². The fraction of sp³-hybridized carbons (Fsp3) is 0.375. The van der Waals surface area contributed by atoms with Crippen LogP contribution in [0.25, 0.3) is 0 Å². The number of carbonyl (C=O) groups is 1. The van der Waals surface area contributed by atoms with E-state index in [1.165, 1.54) is 7.11 Å². The van der Waals surface area contributed by atoms with Crippen LogP contribution in [0.4, 0.5) is 0 Å². The molecule has 6 nitrogen and oxygen atoms in total. The van der Waals surface area contributed by atoms with Crippen molar-refractivity contribution in [3.8, 4) is 11.5 Å². The van der Waals surface area contributed by atoms with Crippen LogP contribution in [0, 0.1) is 0 Å². The topological polar surface area (TPSA) is 62.6 Å². The van der Waals surface area contributed by atoms with E-state index in [9.17, 15) is 4.79 Å². The third-order valence-corrected chi connectivity index (χ3v) is 2.91. The lowest BCUT2D eigenvalue weighted by molar-refractivity contribution is 0.0377. The average molecular weight is 341 g/mol. The van der Waals surface area contributed by atoms with Crippen molar-refractivity contribution in [1.29, 1.82) is 0 Å². The van der Waals surface area contributed by atoms with Crippen LogP contribution in [-0.2, 0) is 11.3 Å². The first kappa shape index (κ1) is 18.8. The molecule has 126 valence electrons. The first-order chi connectivity index (χ1) is 10.6. The number of carbonyl (C=O) groups excluding carboxylic acids is 1. The summed E-state index contributed by atoms with van der Waals surface area (Å²) < 4.78 is 18.0. The Morgan fingerprint density at radius 3 is 2.70 bits per heavy atom. The molecule has 0 N–H and O–H groups in total. The monoisotopic (exact) mass is 340 g/mol. The quantitative estimate of drug-likeness (QED) is 0.725. The predicted octanol–water partition coefficient (Wildman–Crippen LogP) is 2.96. The van der Waals surface area contributed by atoms with Gasteiger partial charge in [0.15, 0.2) is 11.5 Å². The molecule has 0 saturated heterocycles. The smallest absolute Gasteiger partial charge is 0.338 e. The lowest BCUT2D eigenvalue weighted by atomic mass is 10.2. The number of nitrogens with zero attached hydrogens (tertiary/aromatic N) is 2. The zero-order valence-electron chi connectivity index (χ0n) is 13.4. The van der Waals surface area contributed by atoms with Gasteiger partial charge in [-0.25, -0.2) is 9.78 Å². The van der Waals surface area contributed by atoms with E-state index in [0.29, 0.717) is 30.2 Å². The number of aromatic nitrogens is 2. The SMILES string of the molecule is COc1cc(C(=O)OC(C)C)ccc1OCCn1ccnc1.Cl. The van der Waals surface area contributed by atoms with Gasteiger partial charge in [0.2, 0.25) is 0 Å². The number of halogens is 1. The van der Waals surface area contributed by atoms with Gasteiger partial charge >= 0.3 is 5.97 Å². The van der Waals surface area contributed by atoms with Crippen molar-refractivity contribution in [3.63, 3.8) is 0 Å². The number of methoxy groups -OCH3 is 1. The Labute approximate surface area is 141 Å². The molecule has 0 aliphatic rings. The zero-order valence-corrected chi connectivity index (χ0v) is 14.2. The molecule has 2 rings (SSSR count). The summed E-state index contributed by atoms with van der Waals surface area (Å²) in [4.78, 5) is 15.8. The third kappa shape index (κ3) is 5.49. The Kier molecular flexibility index (Phi) is 7.41. The molecule has 0 radical (unpaired) electrons. The van der Waals surface area contributed by atoms with Gasteiger partial charge in [-0.1, -0.05) is 0 Å². The van der Waals surface area contributed by atoms with E-state index in [4.69, 9.17) is 14.2 Å². The minimum absolute atomic E-state index is 0. The Hall–Kier alpha value is -2.21. The van der Waals surface area contributed by atoms with E-state index in [-0.39, 0.29) is 24.5 Å². The molecular formula is C16H21ClN2O4. The number of imidazole rings is 1. The maximum absolute atomic E-state index is 11.9. The lowest BCUT2D eigenvalue weighted by Crippen LogP contribution is -2.12. The number of esters is 1. The number of benzene rings is 1. The molecule has 1 aromatic heterocycles. The highest BCUT2D eigenvalue weighted by molar-refractivity contribution is 5.90. The van der Waals surface area contributed by atoms with Crippen molar-refractivity contribution < 1.29 is 19.0 Å². The molecule has 0 atom stereocenters. The van der Waals surface area contributed by atoms with Gasteiger partial charge in [0.05, 0.1) is 31.6 Å². The molecule has 0 amide bonds. The Bertz CT molecular complexity index is 615. The van der Waals surface area contributed by atoms with E-state index in [0.717, 1.165) is 0 Å². The van der Waals surface area contributed by atoms with Crippen molar-refractivity contribution in [2.24, 2.45) is 0 Å². The van der Waals surface area contributed by atoms with Gasteiger partial charge in [0.1, 0.15) is 6.61 Å². The summed E-state index contributed by atoms with van der Waals surface area (Å²) in [5.41, 5.74) is 0.438. The number of hydrogen-bond acceptors (Lipinski definition) is 5. The number of ether oxygens (including phenoxy) is 3. The van der Waals surface area contributed by atoms with Gasteiger partial charge in [-0.05, 0) is 32.0 Å². The first-order valence-electron chi connectivity index (χ1n) is 7.07. The molecule has 0 aliphatic heterocycles. The Morgan fingerprint density at radius 1 is 1.30 bits per heavy atom. The summed E-state index contributed by atoms with van der Waals surface area (Å²) in [5, 5.41) is 0. The summed E-state index contributed by atoms with van der Waals surface area (Å²) in [6.07, 6.45) is 5.15. The summed E-state index contributed by atoms with van der Waals surface area (Å²) in [5.74, 6) is 0.714. The summed E-state index contributed by atoms with van der Waals surface area (Å²) in [7, 11) is 1.54. The fourth-order valence-electron chi connectivity index (χ4n) is 1.88. The van der Waals surface area contributed by atoms with Gasteiger partial charge < -0.3 is 18.8 Å². The highest BCUT2D eigenvalue weighted by atomic mass is 35.5. The van der Waals surface area contributed by atoms with Crippen molar-refractivity contribution in [2.45, 2.75) is 26.5 Å². The predicted molar refractivity (Wildman–Crippen MR) is 88.5 cm³/mol. The first-order valence-corrected chi connectivity index (χ1v) is 7.07. The molecular weight excluding hydrogens is 320 g/mol. The lowest BCUT2D eigenvalue weighted by Gasteiger charge is -2.13. The van der Waals surface area contributed by atoms with Crippen LogP contribution in [-0.4, -0.2) is 35.3 Å². The van der Waals surface area contributed by atoms with Crippen molar-refractivity contribution in [2.75, 3.05) is 13.7 Å². The minimum Gasteiger partial charge on any atom is -0.493 e. The maximum atomic E-state index is 11.9. The summed E-state index contributed by atoms with van der Waals surface area (Å²) >= 11 is 0. The molecule has 0 unspecified atom stereocenters. The fourth-order valence-corrected chi connectivity index (χ4v) is 1.88. The van der Waals surface area contributed by atoms with Gasteiger partial charge in [0, 0.05) is 12.4 Å². The van der Waals surface area contributed by atoms with Crippen LogP contribution >= 0.6 is 12.4 Å². The van der Waals surface area contributed by atoms with Gasteiger partial charge in [-0.2, -0.15) is 0 Å². The number of hydrogen-bond donors (Lipinski definition) is 0. The van der Waals surface area contributed by atoms with Crippen LogP contribution in [0.5, 0.6) is 11.5 Å². The molecule has 0 bridgehead atoms. The van der Waals surface area contributed by atoms with Crippen molar-refractivity contribution >= 4 is 18.4 Å². The molecule has 7 heteroatoms. The van der Waals surface area contributed by atoms with E-state index < -0.39 is 0 Å². The standard InChI is InChI=1S/C16H20N2O4.ClH/c1-12(2)22-16(19)13-4-5-14(15(10-13)20-3)21-9-8-18-7-6-17-11-18;/h4-7,10-12H,8-9H2,1-3H3;1H. The van der Waals surface area contributed by atoms with Gasteiger partial charge in [-0.15, -0.1) is 12.4 Å². The Morgan fingerprint density at radius 2 is 2.09 bits per heavy atom. The minimum atomic E-state index is -0.377. The summed E-state index contributed by atoms with van der Waals surface area (Å²) in [6.45, 7) is 4.77. The van der Waals surface area contributed by atoms with Crippen LogP contribution in [0.2, 0.25) is 0 Å². The molecule has 0 aliphatic carbocycles. The van der Waals surface area contributed by atoms with E-state index in [1.807, 2.05) is 24.6 Å². The van der Waals surface area contributed by atoms with E-state index in [2.05, 4.69) is 4.98 Å². The second-order valence-electron chi connectivity index (χ2n) is 4.97. The van der Waals surface area contributed by atoms with Crippen molar-refractivity contribution in [3.05, 3.63) is 42.5 Å². The highest BCUT2D eigenvalue weighted by Crippen LogP contribution is 2.28. The molecule has 2 aromatic rings. The molecule has 0 fully saturated rings. The van der Waals surface area contributed by atoms with Crippen molar-refractivity contribution in [1.82, 2.24) is 9.55 Å². The molecule has 23 heavy (non-hydrogen) atoms. The highest BCUT2D eigenvalue weighted by Gasteiger charge is 2.13. The second-order valence-corrected chi connectivity index (χ2v) is 4.97. The van der Waals surface area contributed by atoms with Crippen LogP contribution in [0.3, 0.4) is 0 Å².